The third-order valence-corrected chi connectivity index (χ3v) is 4.29. The SMILES string of the molecule is O=C(Nc1ccc(I)cc1F)c1cccc2c(Cl)cccc12. The molecule has 0 radical (unpaired) electrons. The van der Waals surface area contributed by atoms with E-state index in [0.717, 1.165) is 14.3 Å². The molecule has 0 atom stereocenters. The van der Waals surface area contributed by atoms with Crippen molar-refractivity contribution in [2.24, 2.45) is 0 Å². The molecule has 0 saturated heterocycles. The van der Waals surface area contributed by atoms with Crippen molar-refractivity contribution < 1.29 is 9.18 Å². The van der Waals surface area contributed by atoms with E-state index in [4.69, 9.17) is 11.6 Å². The minimum Gasteiger partial charge on any atom is -0.319 e. The molecule has 3 aromatic rings. The molecule has 0 spiro atoms. The summed E-state index contributed by atoms with van der Waals surface area (Å²) in [6.45, 7) is 0. The quantitative estimate of drug-likeness (QED) is 0.541. The normalized spacial score (nSPS) is 10.7. The number of carbonyl (C=O) groups excluding carboxylic acids is 1. The molecular weight excluding hydrogens is 416 g/mol. The maximum absolute atomic E-state index is 13.9. The first-order chi connectivity index (χ1) is 10.6. The average Bonchev–Trinajstić information content (AvgIpc) is 2.50. The van der Waals surface area contributed by atoms with Crippen LogP contribution >= 0.6 is 34.2 Å². The zero-order valence-corrected chi connectivity index (χ0v) is 14.2. The standard InChI is InChI=1S/C17H10ClFINO/c18-14-6-2-3-11-12(14)4-1-5-13(11)17(22)21-16-8-7-10(20)9-15(16)19/h1-9H,(H,21,22). The van der Waals surface area contributed by atoms with E-state index in [2.05, 4.69) is 5.32 Å². The number of benzene rings is 3. The van der Waals surface area contributed by atoms with E-state index in [1.807, 2.05) is 34.7 Å². The highest BCUT2D eigenvalue weighted by Crippen LogP contribution is 2.27. The highest BCUT2D eigenvalue weighted by atomic mass is 127. The van der Waals surface area contributed by atoms with Crippen LogP contribution < -0.4 is 5.32 Å². The van der Waals surface area contributed by atoms with E-state index in [1.165, 1.54) is 6.07 Å². The summed E-state index contributed by atoms with van der Waals surface area (Å²) in [5.74, 6) is -0.827. The van der Waals surface area contributed by atoms with Crippen molar-refractivity contribution in [1.29, 1.82) is 0 Å². The Bertz CT molecular complexity index is 882. The van der Waals surface area contributed by atoms with Crippen molar-refractivity contribution in [2.75, 3.05) is 5.32 Å². The van der Waals surface area contributed by atoms with Gasteiger partial charge in [-0.25, -0.2) is 4.39 Å². The molecule has 22 heavy (non-hydrogen) atoms. The van der Waals surface area contributed by atoms with Crippen molar-refractivity contribution in [2.45, 2.75) is 0 Å². The van der Waals surface area contributed by atoms with Gasteiger partial charge in [0.1, 0.15) is 5.82 Å². The number of anilines is 1. The van der Waals surface area contributed by atoms with Crippen LogP contribution in [-0.2, 0) is 0 Å². The smallest absolute Gasteiger partial charge is 0.256 e. The van der Waals surface area contributed by atoms with E-state index in [-0.39, 0.29) is 11.6 Å². The van der Waals surface area contributed by atoms with Crippen LogP contribution in [0.1, 0.15) is 10.4 Å². The lowest BCUT2D eigenvalue weighted by molar-refractivity contribution is 0.102. The van der Waals surface area contributed by atoms with Gasteiger partial charge in [-0.2, -0.15) is 0 Å². The highest BCUT2D eigenvalue weighted by molar-refractivity contribution is 14.1. The van der Waals surface area contributed by atoms with Gasteiger partial charge in [-0.3, -0.25) is 4.79 Å². The first-order valence-corrected chi connectivity index (χ1v) is 7.95. The Morgan fingerprint density at radius 2 is 1.77 bits per heavy atom. The summed E-state index contributed by atoms with van der Waals surface area (Å²) < 4.78 is 14.6. The number of carbonyl (C=O) groups is 1. The minimum atomic E-state index is -0.460. The van der Waals surface area contributed by atoms with Crippen molar-refractivity contribution in [3.8, 4) is 0 Å². The molecule has 0 fully saturated rings. The lowest BCUT2D eigenvalue weighted by atomic mass is 10.0. The molecule has 110 valence electrons. The number of rotatable bonds is 2. The van der Waals surface area contributed by atoms with Crippen molar-refractivity contribution in [3.05, 3.63) is 74.6 Å². The van der Waals surface area contributed by atoms with Gasteiger partial charge in [0.2, 0.25) is 0 Å². The Morgan fingerprint density at radius 1 is 1.05 bits per heavy atom. The maximum Gasteiger partial charge on any atom is 0.256 e. The van der Waals surface area contributed by atoms with Crippen LogP contribution in [0.15, 0.2) is 54.6 Å². The number of nitrogens with one attached hydrogen (secondary N) is 1. The Balaban J connectivity index is 2.01. The molecule has 1 N–H and O–H groups in total. The van der Waals surface area contributed by atoms with Crippen LogP contribution in [0.25, 0.3) is 10.8 Å². The topological polar surface area (TPSA) is 29.1 Å². The van der Waals surface area contributed by atoms with E-state index >= 15 is 0 Å². The second-order valence-corrected chi connectivity index (χ2v) is 6.37. The summed E-state index contributed by atoms with van der Waals surface area (Å²) in [5.41, 5.74) is 0.613. The third kappa shape index (κ3) is 2.94. The molecule has 0 saturated carbocycles. The van der Waals surface area contributed by atoms with Crippen molar-refractivity contribution >= 4 is 56.6 Å². The van der Waals surface area contributed by atoms with Gasteiger partial charge in [0, 0.05) is 19.5 Å². The minimum absolute atomic E-state index is 0.157. The second-order valence-electron chi connectivity index (χ2n) is 4.72. The fraction of sp³-hybridized carbons (Fsp3) is 0. The third-order valence-electron chi connectivity index (χ3n) is 3.29. The van der Waals surface area contributed by atoms with Gasteiger partial charge in [-0.15, -0.1) is 0 Å². The lowest BCUT2D eigenvalue weighted by Crippen LogP contribution is -2.13. The van der Waals surface area contributed by atoms with Crippen LogP contribution in [-0.4, -0.2) is 5.91 Å². The van der Waals surface area contributed by atoms with Crippen LogP contribution in [0.2, 0.25) is 5.02 Å². The van der Waals surface area contributed by atoms with Gasteiger partial charge >= 0.3 is 0 Å². The monoisotopic (exact) mass is 425 g/mol. The summed E-state index contributed by atoms with van der Waals surface area (Å²) in [7, 11) is 0. The molecule has 0 aliphatic heterocycles. The Hall–Kier alpha value is -1.66. The van der Waals surface area contributed by atoms with Crippen LogP contribution in [0.3, 0.4) is 0 Å². The predicted octanol–water partition coefficient (Wildman–Crippen LogP) is 5.49. The predicted molar refractivity (Wildman–Crippen MR) is 96.0 cm³/mol. The number of hydrogen-bond acceptors (Lipinski definition) is 1. The van der Waals surface area contributed by atoms with Crippen molar-refractivity contribution in [1.82, 2.24) is 0 Å². The number of amides is 1. The molecule has 2 nitrogen and oxygen atoms in total. The van der Waals surface area contributed by atoms with Crippen LogP contribution in [0.4, 0.5) is 10.1 Å². The van der Waals surface area contributed by atoms with Gasteiger partial charge in [0.05, 0.1) is 5.69 Å². The summed E-state index contributed by atoms with van der Waals surface area (Å²) in [6.07, 6.45) is 0. The molecule has 0 aliphatic carbocycles. The summed E-state index contributed by atoms with van der Waals surface area (Å²) >= 11 is 8.16. The average molecular weight is 426 g/mol. The van der Waals surface area contributed by atoms with Crippen LogP contribution in [0.5, 0.6) is 0 Å². The highest BCUT2D eigenvalue weighted by Gasteiger charge is 2.13. The zero-order chi connectivity index (χ0) is 15.7. The molecule has 0 bridgehead atoms. The van der Waals surface area contributed by atoms with Gasteiger partial charge in [0.25, 0.3) is 5.91 Å². The first-order valence-electron chi connectivity index (χ1n) is 6.50. The molecule has 5 heteroatoms. The molecule has 0 heterocycles. The summed E-state index contributed by atoms with van der Waals surface area (Å²) in [4.78, 5) is 12.5. The summed E-state index contributed by atoms with van der Waals surface area (Å²) in [5, 5.41) is 4.71. The van der Waals surface area contributed by atoms with E-state index < -0.39 is 5.82 Å². The Labute approximate surface area is 145 Å². The molecule has 3 aromatic carbocycles. The van der Waals surface area contributed by atoms with Gasteiger partial charge in [-0.1, -0.05) is 35.9 Å². The second kappa shape index (κ2) is 6.22. The van der Waals surface area contributed by atoms with Crippen LogP contribution in [0, 0.1) is 9.39 Å². The maximum atomic E-state index is 13.9. The van der Waals surface area contributed by atoms with Crippen molar-refractivity contribution in [3.63, 3.8) is 0 Å². The van der Waals surface area contributed by atoms with E-state index in [0.29, 0.717) is 10.6 Å². The lowest BCUT2D eigenvalue weighted by Gasteiger charge is -2.10. The largest absolute Gasteiger partial charge is 0.319 e. The van der Waals surface area contributed by atoms with Gasteiger partial charge < -0.3 is 5.32 Å². The molecule has 3 rings (SSSR count). The molecule has 0 unspecified atom stereocenters. The zero-order valence-electron chi connectivity index (χ0n) is 11.2. The number of fused-ring (bicyclic) bond motifs is 1. The molecule has 0 aromatic heterocycles. The Kier molecular flexibility index (Phi) is 4.31. The van der Waals surface area contributed by atoms with E-state index in [1.54, 1.807) is 36.4 Å². The fourth-order valence-corrected chi connectivity index (χ4v) is 2.94. The van der Waals surface area contributed by atoms with Gasteiger partial charge in [0.15, 0.2) is 0 Å². The molecule has 0 aliphatic rings. The van der Waals surface area contributed by atoms with Gasteiger partial charge in [-0.05, 0) is 58.3 Å². The Morgan fingerprint density at radius 3 is 2.55 bits per heavy atom. The number of hydrogen-bond donors (Lipinski definition) is 1. The first kappa shape index (κ1) is 15.2. The number of halogens is 3. The molecule has 1 amide bonds. The van der Waals surface area contributed by atoms with E-state index in [9.17, 15) is 9.18 Å². The fourth-order valence-electron chi connectivity index (χ4n) is 2.25. The molecular formula is C17H10ClFINO. The summed E-state index contributed by atoms with van der Waals surface area (Å²) in [6, 6.07) is 15.3.